The molecule has 29 heavy (non-hydrogen) atoms. The summed E-state index contributed by atoms with van der Waals surface area (Å²) in [5.41, 5.74) is 1.75. The van der Waals surface area contributed by atoms with Crippen molar-refractivity contribution in [1.82, 2.24) is 0 Å². The molecule has 2 fully saturated rings. The SMILES string of the molecule is CCOc1ccc(N2C(=O)C[C@@H]([NH+]3CCN(c4ccc(Cl)cc4)CC3)C2=O)cc1. The van der Waals surface area contributed by atoms with Crippen molar-refractivity contribution in [3.63, 3.8) is 0 Å². The summed E-state index contributed by atoms with van der Waals surface area (Å²) >= 11 is 5.97. The van der Waals surface area contributed by atoms with Crippen LogP contribution in [-0.4, -0.2) is 50.6 Å². The number of benzene rings is 2. The third-order valence-corrected chi connectivity index (χ3v) is 5.89. The topological polar surface area (TPSA) is 54.3 Å². The Morgan fingerprint density at radius 2 is 1.62 bits per heavy atom. The smallest absolute Gasteiger partial charge is 0.292 e. The Kier molecular flexibility index (Phi) is 5.74. The van der Waals surface area contributed by atoms with Gasteiger partial charge in [0.15, 0.2) is 6.04 Å². The molecule has 4 rings (SSSR count). The minimum Gasteiger partial charge on any atom is -0.494 e. The number of anilines is 2. The first-order chi connectivity index (χ1) is 14.1. The molecule has 0 radical (unpaired) electrons. The van der Waals surface area contributed by atoms with E-state index in [-0.39, 0.29) is 24.3 Å². The first kappa shape index (κ1) is 19.7. The van der Waals surface area contributed by atoms with E-state index in [1.54, 1.807) is 24.3 Å². The lowest BCUT2D eigenvalue weighted by molar-refractivity contribution is -0.915. The molecule has 7 heteroatoms. The number of hydrogen-bond donors (Lipinski definition) is 1. The van der Waals surface area contributed by atoms with Gasteiger partial charge in [-0.2, -0.15) is 0 Å². The molecule has 2 aliphatic heterocycles. The van der Waals surface area contributed by atoms with Gasteiger partial charge in [0.25, 0.3) is 5.91 Å². The maximum absolute atomic E-state index is 13.0. The zero-order chi connectivity index (χ0) is 20.4. The second kappa shape index (κ2) is 8.43. The molecule has 0 unspecified atom stereocenters. The van der Waals surface area contributed by atoms with E-state index in [0.717, 1.165) is 42.6 Å². The fourth-order valence-corrected chi connectivity index (χ4v) is 4.26. The number of carbonyl (C=O) groups is 2. The first-order valence-electron chi connectivity index (χ1n) is 10.0. The molecule has 2 saturated heterocycles. The van der Waals surface area contributed by atoms with Crippen molar-refractivity contribution in [2.45, 2.75) is 19.4 Å². The van der Waals surface area contributed by atoms with Crippen molar-refractivity contribution in [3.8, 4) is 5.75 Å². The number of piperazine rings is 1. The standard InChI is InChI=1S/C22H24ClN3O3/c1-2-29-19-9-7-18(8-10-19)26-21(27)15-20(22(26)28)25-13-11-24(12-14-25)17-5-3-16(23)4-6-17/h3-10,20H,2,11-15H2,1H3/p+1/t20-/m1/s1. The van der Waals surface area contributed by atoms with Crippen LogP contribution in [-0.2, 0) is 9.59 Å². The van der Waals surface area contributed by atoms with Crippen molar-refractivity contribution < 1.29 is 19.2 Å². The van der Waals surface area contributed by atoms with E-state index in [2.05, 4.69) is 4.90 Å². The largest absolute Gasteiger partial charge is 0.494 e. The van der Waals surface area contributed by atoms with E-state index in [1.165, 1.54) is 9.80 Å². The first-order valence-corrected chi connectivity index (χ1v) is 10.4. The van der Waals surface area contributed by atoms with Crippen molar-refractivity contribution in [2.75, 3.05) is 42.6 Å². The molecule has 2 aliphatic rings. The number of imide groups is 1. The van der Waals surface area contributed by atoms with Gasteiger partial charge in [0, 0.05) is 10.7 Å². The van der Waals surface area contributed by atoms with Crippen LogP contribution in [0, 0.1) is 0 Å². The molecule has 2 aromatic carbocycles. The molecule has 6 nitrogen and oxygen atoms in total. The van der Waals surface area contributed by atoms with E-state index >= 15 is 0 Å². The van der Waals surface area contributed by atoms with Crippen LogP contribution >= 0.6 is 11.6 Å². The summed E-state index contributed by atoms with van der Waals surface area (Å²) in [6, 6.07) is 14.7. The Balaban J connectivity index is 1.40. The molecule has 0 aromatic heterocycles. The highest BCUT2D eigenvalue weighted by atomic mass is 35.5. The molecule has 0 bridgehead atoms. The molecule has 0 aliphatic carbocycles. The van der Waals surface area contributed by atoms with Crippen LogP contribution in [0.2, 0.25) is 5.02 Å². The van der Waals surface area contributed by atoms with Crippen molar-refractivity contribution in [1.29, 1.82) is 0 Å². The Morgan fingerprint density at radius 1 is 1.00 bits per heavy atom. The lowest BCUT2D eigenvalue weighted by atomic mass is 10.1. The van der Waals surface area contributed by atoms with E-state index < -0.39 is 0 Å². The van der Waals surface area contributed by atoms with Crippen molar-refractivity contribution in [3.05, 3.63) is 53.6 Å². The van der Waals surface area contributed by atoms with E-state index in [9.17, 15) is 9.59 Å². The highest BCUT2D eigenvalue weighted by molar-refractivity contribution is 6.30. The third-order valence-electron chi connectivity index (χ3n) is 5.64. The third kappa shape index (κ3) is 4.09. The number of nitrogens with zero attached hydrogens (tertiary/aromatic N) is 2. The minimum absolute atomic E-state index is 0.103. The molecular weight excluding hydrogens is 390 g/mol. The second-order valence-corrected chi connectivity index (χ2v) is 7.81. The number of ether oxygens (including phenoxy) is 1. The summed E-state index contributed by atoms with van der Waals surface area (Å²) in [4.78, 5) is 30.5. The van der Waals surface area contributed by atoms with Gasteiger partial charge in [0.2, 0.25) is 5.91 Å². The predicted molar refractivity (Wildman–Crippen MR) is 113 cm³/mol. The van der Waals surface area contributed by atoms with Gasteiger partial charge >= 0.3 is 0 Å². The molecule has 2 aromatic rings. The molecular formula is C22H25ClN3O3+. The molecule has 1 N–H and O–H groups in total. The summed E-state index contributed by atoms with van der Waals surface area (Å²) in [6.07, 6.45) is 0.266. The zero-order valence-corrected chi connectivity index (χ0v) is 17.2. The summed E-state index contributed by atoms with van der Waals surface area (Å²) in [5, 5.41) is 0.724. The highest BCUT2D eigenvalue weighted by Crippen LogP contribution is 2.25. The molecule has 0 saturated carbocycles. The lowest BCUT2D eigenvalue weighted by Gasteiger charge is -2.35. The highest BCUT2D eigenvalue weighted by Gasteiger charge is 2.46. The predicted octanol–water partition coefficient (Wildman–Crippen LogP) is 1.78. The van der Waals surface area contributed by atoms with Gasteiger partial charge in [0.1, 0.15) is 5.75 Å². The zero-order valence-electron chi connectivity index (χ0n) is 16.4. The van der Waals surface area contributed by atoms with Gasteiger partial charge in [-0.25, -0.2) is 4.90 Å². The average molecular weight is 415 g/mol. The van der Waals surface area contributed by atoms with Gasteiger partial charge in [-0.1, -0.05) is 11.6 Å². The summed E-state index contributed by atoms with van der Waals surface area (Å²) in [5.74, 6) is 0.502. The van der Waals surface area contributed by atoms with Gasteiger partial charge in [0.05, 0.1) is 44.9 Å². The number of halogens is 1. The number of rotatable bonds is 5. The fourth-order valence-electron chi connectivity index (χ4n) is 4.13. The average Bonchev–Trinajstić information content (AvgIpc) is 3.04. The van der Waals surface area contributed by atoms with Crippen LogP contribution in [0.4, 0.5) is 11.4 Å². The fraction of sp³-hybridized carbons (Fsp3) is 0.364. The van der Waals surface area contributed by atoms with Crippen LogP contribution in [0.25, 0.3) is 0 Å². The monoisotopic (exact) mass is 414 g/mol. The Hall–Kier alpha value is -2.57. The van der Waals surface area contributed by atoms with Crippen LogP contribution in [0.5, 0.6) is 5.75 Å². The number of nitrogens with one attached hydrogen (secondary N) is 1. The molecule has 1 atom stereocenters. The Morgan fingerprint density at radius 3 is 2.24 bits per heavy atom. The number of carbonyl (C=O) groups excluding carboxylic acids is 2. The summed E-state index contributed by atoms with van der Waals surface area (Å²) in [6.45, 7) is 5.83. The van der Waals surface area contributed by atoms with Crippen LogP contribution in [0.15, 0.2) is 48.5 Å². The quantitative estimate of drug-likeness (QED) is 0.758. The Labute approximate surface area is 175 Å². The van der Waals surface area contributed by atoms with E-state index in [4.69, 9.17) is 16.3 Å². The molecule has 2 amide bonds. The maximum atomic E-state index is 13.0. The van der Waals surface area contributed by atoms with Crippen LogP contribution in [0.3, 0.4) is 0 Å². The Bertz CT molecular complexity index is 877. The van der Waals surface area contributed by atoms with Crippen LogP contribution < -0.4 is 19.4 Å². The molecule has 152 valence electrons. The van der Waals surface area contributed by atoms with E-state index in [0.29, 0.717) is 12.3 Å². The van der Waals surface area contributed by atoms with Gasteiger partial charge < -0.3 is 14.5 Å². The van der Waals surface area contributed by atoms with Gasteiger partial charge in [-0.3, -0.25) is 9.59 Å². The maximum Gasteiger partial charge on any atom is 0.292 e. The van der Waals surface area contributed by atoms with Gasteiger partial charge in [-0.15, -0.1) is 0 Å². The molecule has 2 heterocycles. The summed E-state index contributed by atoms with van der Waals surface area (Å²) < 4.78 is 5.44. The summed E-state index contributed by atoms with van der Waals surface area (Å²) in [7, 11) is 0. The number of quaternary nitrogens is 1. The number of hydrogen-bond acceptors (Lipinski definition) is 4. The normalized spacial score (nSPS) is 20.4. The van der Waals surface area contributed by atoms with E-state index in [1.807, 2.05) is 31.2 Å². The van der Waals surface area contributed by atoms with Crippen molar-refractivity contribution >= 4 is 34.8 Å². The lowest BCUT2D eigenvalue weighted by Crippen LogP contribution is -3.19. The van der Waals surface area contributed by atoms with Gasteiger partial charge in [-0.05, 0) is 55.5 Å². The van der Waals surface area contributed by atoms with Crippen LogP contribution in [0.1, 0.15) is 13.3 Å². The number of amides is 2. The second-order valence-electron chi connectivity index (χ2n) is 7.37. The van der Waals surface area contributed by atoms with Crippen molar-refractivity contribution in [2.24, 2.45) is 0 Å². The molecule has 0 spiro atoms. The minimum atomic E-state index is -0.304.